The summed E-state index contributed by atoms with van der Waals surface area (Å²) in [6, 6.07) is 13.4. The highest BCUT2D eigenvalue weighted by Crippen LogP contribution is 2.46. The molecular weight excluding hydrogens is 291 g/mol. The van der Waals surface area contributed by atoms with E-state index in [4.69, 9.17) is 5.11 Å². The van der Waals surface area contributed by atoms with Gasteiger partial charge in [-0.25, -0.2) is 9.18 Å². The van der Waals surface area contributed by atoms with Gasteiger partial charge in [-0.1, -0.05) is 30.3 Å². The number of carboxylic acids is 1. The lowest BCUT2D eigenvalue weighted by atomic mass is 10.1. The number of rotatable bonds is 4. The summed E-state index contributed by atoms with van der Waals surface area (Å²) in [5.41, 5.74) is 0.703. The van der Waals surface area contributed by atoms with Crippen LogP contribution in [0.25, 0.3) is 0 Å². The molecule has 1 saturated carbocycles. The standard InChI is InChI=1S/C16H13FO3S/c17-14-7-6-11(8-13(14)16(18)19)21(20)15-9-12(15)10-4-2-1-3-5-10/h1-8,12,15H,9H2,(H,18,19). The largest absolute Gasteiger partial charge is 0.478 e. The molecule has 1 fully saturated rings. The van der Waals surface area contributed by atoms with Gasteiger partial charge < -0.3 is 5.11 Å². The second-order valence-corrected chi connectivity index (χ2v) is 6.71. The Bertz CT molecular complexity index is 715. The third-order valence-corrected chi connectivity index (χ3v) is 5.42. The summed E-state index contributed by atoms with van der Waals surface area (Å²) in [7, 11) is -1.32. The van der Waals surface area contributed by atoms with Gasteiger partial charge in [-0.05, 0) is 36.1 Å². The maximum atomic E-state index is 13.4. The Labute approximate surface area is 123 Å². The molecular formula is C16H13FO3S. The van der Waals surface area contributed by atoms with Crippen molar-refractivity contribution >= 4 is 16.8 Å². The highest BCUT2D eigenvalue weighted by Gasteiger charge is 2.43. The molecule has 1 N–H and O–H groups in total. The topological polar surface area (TPSA) is 54.4 Å². The van der Waals surface area contributed by atoms with Crippen LogP contribution in [0.2, 0.25) is 0 Å². The average Bonchev–Trinajstić information content (AvgIpc) is 3.28. The smallest absolute Gasteiger partial charge is 0.338 e. The second-order valence-electron chi connectivity index (χ2n) is 5.04. The molecule has 108 valence electrons. The molecule has 21 heavy (non-hydrogen) atoms. The van der Waals surface area contributed by atoms with Gasteiger partial charge in [0.25, 0.3) is 0 Å². The maximum absolute atomic E-state index is 13.4. The van der Waals surface area contributed by atoms with Crippen molar-refractivity contribution in [2.45, 2.75) is 22.5 Å². The van der Waals surface area contributed by atoms with E-state index in [1.54, 1.807) is 0 Å². The lowest BCUT2D eigenvalue weighted by molar-refractivity contribution is 0.0691. The number of hydrogen-bond donors (Lipinski definition) is 1. The molecule has 0 aliphatic heterocycles. The Morgan fingerprint density at radius 1 is 1.19 bits per heavy atom. The van der Waals surface area contributed by atoms with Gasteiger partial charge in [-0.15, -0.1) is 0 Å². The van der Waals surface area contributed by atoms with Gasteiger partial charge in [0.05, 0.1) is 16.4 Å². The molecule has 1 aliphatic rings. The van der Waals surface area contributed by atoms with Gasteiger partial charge in [0.1, 0.15) is 5.82 Å². The molecule has 0 amide bonds. The normalized spacial score (nSPS) is 21.8. The van der Waals surface area contributed by atoms with E-state index in [1.165, 1.54) is 12.1 Å². The Kier molecular flexibility index (Phi) is 3.59. The SMILES string of the molecule is O=C(O)c1cc(S(=O)C2CC2c2ccccc2)ccc1F. The minimum absolute atomic E-state index is 0.0282. The predicted octanol–water partition coefficient (Wildman–Crippen LogP) is 3.19. The fourth-order valence-electron chi connectivity index (χ4n) is 2.43. The summed E-state index contributed by atoms with van der Waals surface area (Å²) in [6.07, 6.45) is 0.802. The fourth-order valence-corrected chi connectivity index (χ4v) is 4.05. The highest BCUT2D eigenvalue weighted by atomic mass is 32.2. The van der Waals surface area contributed by atoms with Crippen LogP contribution in [0.4, 0.5) is 4.39 Å². The zero-order valence-corrected chi connectivity index (χ0v) is 11.8. The van der Waals surface area contributed by atoms with Crippen molar-refractivity contribution in [2.75, 3.05) is 0 Å². The van der Waals surface area contributed by atoms with Gasteiger partial charge in [0.15, 0.2) is 0 Å². The first-order valence-electron chi connectivity index (χ1n) is 6.56. The first-order valence-corrected chi connectivity index (χ1v) is 7.77. The van der Waals surface area contributed by atoms with E-state index >= 15 is 0 Å². The highest BCUT2D eigenvalue weighted by molar-refractivity contribution is 7.86. The minimum atomic E-state index is -1.35. The van der Waals surface area contributed by atoms with Crippen LogP contribution in [0.5, 0.6) is 0 Å². The van der Waals surface area contributed by atoms with Crippen LogP contribution in [-0.4, -0.2) is 20.5 Å². The molecule has 0 radical (unpaired) electrons. The van der Waals surface area contributed by atoms with Crippen LogP contribution in [-0.2, 0) is 10.8 Å². The molecule has 0 aromatic heterocycles. The van der Waals surface area contributed by atoms with Crippen molar-refractivity contribution in [3.63, 3.8) is 0 Å². The number of carboxylic acid groups (broad SMARTS) is 1. The molecule has 3 atom stereocenters. The van der Waals surface area contributed by atoms with Crippen molar-refractivity contribution < 1.29 is 18.5 Å². The molecule has 3 nitrogen and oxygen atoms in total. The molecule has 0 saturated heterocycles. The molecule has 0 spiro atoms. The average molecular weight is 304 g/mol. The zero-order chi connectivity index (χ0) is 15.0. The third-order valence-electron chi connectivity index (χ3n) is 3.64. The Morgan fingerprint density at radius 3 is 2.57 bits per heavy atom. The van der Waals surface area contributed by atoms with Crippen LogP contribution in [0.15, 0.2) is 53.4 Å². The van der Waals surface area contributed by atoms with Crippen molar-refractivity contribution in [3.05, 3.63) is 65.5 Å². The van der Waals surface area contributed by atoms with Crippen LogP contribution >= 0.6 is 0 Å². The van der Waals surface area contributed by atoms with E-state index in [-0.39, 0.29) is 11.2 Å². The van der Waals surface area contributed by atoms with Gasteiger partial charge in [0, 0.05) is 10.1 Å². The monoisotopic (exact) mass is 304 g/mol. The number of carbonyl (C=O) groups is 1. The summed E-state index contributed by atoms with van der Waals surface area (Å²) in [5.74, 6) is -1.93. The van der Waals surface area contributed by atoms with Crippen LogP contribution in [0.1, 0.15) is 28.3 Å². The van der Waals surface area contributed by atoms with Gasteiger partial charge in [-0.2, -0.15) is 0 Å². The third kappa shape index (κ3) is 2.74. The van der Waals surface area contributed by atoms with E-state index in [0.29, 0.717) is 4.90 Å². The second kappa shape index (κ2) is 5.41. The molecule has 1 aliphatic carbocycles. The number of hydrogen-bond acceptors (Lipinski definition) is 2. The quantitative estimate of drug-likeness (QED) is 0.944. The lowest BCUT2D eigenvalue weighted by Crippen LogP contribution is -2.05. The molecule has 0 bridgehead atoms. The minimum Gasteiger partial charge on any atom is -0.478 e. The Balaban J connectivity index is 1.82. The molecule has 2 aromatic carbocycles. The maximum Gasteiger partial charge on any atom is 0.338 e. The van der Waals surface area contributed by atoms with Crippen molar-refractivity contribution in [3.8, 4) is 0 Å². The van der Waals surface area contributed by atoms with Gasteiger partial charge in [0.2, 0.25) is 0 Å². The number of benzene rings is 2. The van der Waals surface area contributed by atoms with E-state index < -0.39 is 28.1 Å². The first kappa shape index (κ1) is 13.9. The van der Waals surface area contributed by atoms with Gasteiger partial charge >= 0.3 is 5.97 Å². The predicted molar refractivity (Wildman–Crippen MR) is 77.4 cm³/mol. The van der Waals surface area contributed by atoms with Crippen LogP contribution in [0, 0.1) is 5.82 Å². The van der Waals surface area contributed by atoms with Gasteiger partial charge in [-0.3, -0.25) is 4.21 Å². The zero-order valence-electron chi connectivity index (χ0n) is 11.0. The summed E-state index contributed by atoms with van der Waals surface area (Å²) in [4.78, 5) is 11.3. The van der Waals surface area contributed by atoms with E-state index in [0.717, 1.165) is 18.1 Å². The Morgan fingerprint density at radius 2 is 1.90 bits per heavy atom. The van der Waals surface area contributed by atoms with Crippen LogP contribution in [0.3, 0.4) is 0 Å². The van der Waals surface area contributed by atoms with E-state index in [2.05, 4.69) is 0 Å². The lowest BCUT2D eigenvalue weighted by Gasteiger charge is -2.04. The fraction of sp³-hybridized carbons (Fsp3) is 0.188. The van der Waals surface area contributed by atoms with E-state index in [9.17, 15) is 13.4 Å². The Hall–Kier alpha value is -2.01. The van der Waals surface area contributed by atoms with E-state index in [1.807, 2.05) is 30.3 Å². The number of aromatic carboxylic acids is 1. The number of halogens is 1. The first-order chi connectivity index (χ1) is 10.1. The van der Waals surface area contributed by atoms with Crippen molar-refractivity contribution in [2.24, 2.45) is 0 Å². The van der Waals surface area contributed by atoms with Crippen molar-refractivity contribution in [1.82, 2.24) is 0 Å². The van der Waals surface area contributed by atoms with Crippen molar-refractivity contribution in [1.29, 1.82) is 0 Å². The molecule has 3 rings (SSSR count). The summed E-state index contributed by atoms with van der Waals surface area (Å²) in [5, 5.41) is 8.89. The van der Waals surface area contributed by atoms with Crippen LogP contribution < -0.4 is 0 Å². The molecule has 2 aromatic rings. The molecule has 5 heteroatoms. The summed E-state index contributed by atoms with van der Waals surface area (Å²) in [6.45, 7) is 0. The molecule has 3 unspecified atom stereocenters. The summed E-state index contributed by atoms with van der Waals surface area (Å²) >= 11 is 0. The summed E-state index contributed by atoms with van der Waals surface area (Å²) < 4.78 is 25.8. The molecule has 0 heterocycles.